The van der Waals surface area contributed by atoms with Crippen LogP contribution in [0.2, 0.25) is 5.02 Å². The molecule has 124 valence electrons. The first-order chi connectivity index (χ1) is 12.2. The first kappa shape index (κ1) is 16.8. The number of ether oxygens (including phenoxy) is 1. The molecule has 0 unspecified atom stereocenters. The van der Waals surface area contributed by atoms with E-state index in [0.29, 0.717) is 22.2 Å². The number of carbonyl (C=O) groups is 1. The number of hydrogen-bond acceptors (Lipinski definition) is 2. The Hall–Kier alpha value is -3.04. The lowest BCUT2D eigenvalue weighted by atomic mass is 10.2. The summed E-state index contributed by atoms with van der Waals surface area (Å²) in [7, 11) is 0. The zero-order chi connectivity index (χ0) is 17.5. The topological polar surface area (TPSA) is 38.3 Å². The Labute approximate surface area is 151 Å². The molecule has 0 bridgehead atoms. The number of benzene rings is 3. The minimum absolute atomic E-state index is 0.246. The molecule has 0 spiro atoms. The van der Waals surface area contributed by atoms with Crippen molar-refractivity contribution in [1.82, 2.24) is 0 Å². The van der Waals surface area contributed by atoms with E-state index in [0.717, 1.165) is 5.56 Å². The Morgan fingerprint density at radius 3 is 2.48 bits per heavy atom. The molecular formula is C21H16ClNO2. The van der Waals surface area contributed by atoms with Crippen molar-refractivity contribution in [3.8, 4) is 11.5 Å². The summed E-state index contributed by atoms with van der Waals surface area (Å²) in [6.07, 6.45) is 3.17. The van der Waals surface area contributed by atoms with Crippen molar-refractivity contribution in [1.29, 1.82) is 0 Å². The maximum Gasteiger partial charge on any atom is 0.248 e. The third kappa shape index (κ3) is 4.96. The largest absolute Gasteiger partial charge is 0.455 e. The van der Waals surface area contributed by atoms with E-state index in [1.807, 2.05) is 60.7 Å². The highest BCUT2D eigenvalue weighted by Crippen LogP contribution is 2.29. The summed E-state index contributed by atoms with van der Waals surface area (Å²) in [6.45, 7) is 0. The molecule has 1 N–H and O–H groups in total. The molecule has 0 radical (unpaired) electrons. The molecular weight excluding hydrogens is 334 g/mol. The van der Waals surface area contributed by atoms with Crippen LogP contribution in [0.25, 0.3) is 6.08 Å². The van der Waals surface area contributed by atoms with Crippen molar-refractivity contribution in [2.45, 2.75) is 0 Å². The summed E-state index contributed by atoms with van der Waals surface area (Å²) in [5.41, 5.74) is 1.46. The highest BCUT2D eigenvalue weighted by Gasteiger charge is 2.06. The minimum Gasteiger partial charge on any atom is -0.455 e. The second-order valence-corrected chi connectivity index (χ2v) is 5.73. The van der Waals surface area contributed by atoms with Crippen molar-refractivity contribution in [3.63, 3.8) is 0 Å². The van der Waals surface area contributed by atoms with Crippen molar-refractivity contribution in [2.24, 2.45) is 0 Å². The predicted octanol–water partition coefficient (Wildman–Crippen LogP) is 5.78. The van der Waals surface area contributed by atoms with E-state index < -0.39 is 0 Å². The summed E-state index contributed by atoms with van der Waals surface area (Å²) in [4.78, 5) is 12.2. The monoisotopic (exact) mass is 349 g/mol. The minimum atomic E-state index is -0.246. The van der Waals surface area contributed by atoms with Crippen LogP contribution in [0.1, 0.15) is 5.56 Å². The molecule has 0 aromatic heterocycles. The molecule has 0 aliphatic carbocycles. The van der Waals surface area contributed by atoms with Crippen LogP contribution in [-0.4, -0.2) is 5.91 Å². The first-order valence-corrected chi connectivity index (χ1v) is 8.15. The number of amides is 1. The number of rotatable bonds is 5. The summed E-state index contributed by atoms with van der Waals surface area (Å²) in [5.74, 6) is 1.04. The van der Waals surface area contributed by atoms with Gasteiger partial charge >= 0.3 is 0 Å². The van der Waals surface area contributed by atoms with Gasteiger partial charge in [-0.05, 0) is 48.0 Å². The quantitative estimate of drug-likeness (QED) is 0.592. The molecule has 1 amide bonds. The highest BCUT2D eigenvalue weighted by atomic mass is 35.5. The molecule has 25 heavy (non-hydrogen) atoms. The first-order valence-electron chi connectivity index (χ1n) is 7.77. The van der Waals surface area contributed by atoms with E-state index in [4.69, 9.17) is 16.3 Å². The molecule has 0 aliphatic rings. The third-order valence-corrected chi connectivity index (χ3v) is 3.63. The Kier molecular flexibility index (Phi) is 5.50. The van der Waals surface area contributed by atoms with Crippen LogP contribution in [0, 0.1) is 0 Å². The summed E-state index contributed by atoms with van der Waals surface area (Å²) >= 11 is 5.94. The molecule has 0 saturated carbocycles. The van der Waals surface area contributed by atoms with Gasteiger partial charge in [-0.3, -0.25) is 4.79 Å². The fourth-order valence-electron chi connectivity index (χ4n) is 2.23. The number of anilines is 1. The SMILES string of the molecule is O=C(/C=C/c1cccc(Cl)c1)Nc1ccccc1Oc1ccccc1. The van der Waals surface area contributed by atoms with Gasteiger partial charge in [-0.1, -0.05) is 54.1 Å². The van der Waals surface area contributed by atoms with Gasteiger partial charge in [0.15, 0.2) is 5.75 Å². The number of halogens is 1. The molecule has 3 rings (SSSR count). The molecule has 3 aromatic carbocycles. The number of carbonyl (C=O) groups excluding carboxylic acids is 1. The van der Waals surface area contributed by atoms with Crippen molar-refractivity contribution in [2.75, 3.05) is 5.32 Å². The van der Waals surface area contributed by atoms with Crippen LogP contribution in [0.15, 0.2) is 84.9 Å². The molecule has 0 saturated heterocycles. The molecule has 0 aliphatic heterocycles. The molecule has 4 heteroatoms. The average Bonchev–Trinajstić information content (AvgIpc) is 2.63. The van der Waals surface area contributed by atoms with Gasteiger partial charge in [-0.15, -0.1) is 0 Å². The lowest BCUT2D eigenvalue weighted by molar-refractivity contribution is -0.111. The van der Waals surface area contributed by atoms with Gasteiger partial charge in [-0.25, -0.2) is 0 Å². The molecule has 0 atom stereocenters. The van der Waals surface area contributed by atoms with E-state index in [-0.39, 0.29) is 5.91 Å². The molecule has 0 heterocycles. The van der Waals surface area contributed by atoms with E-state index in [2.05, 4.69) is 5.32 Å². The van der Waals surface area contributed by atoms with E-state index >= 15 is 0 Å². The van der Waals surface area contributed by atoms with Crippen molar-refractivity contribution in [3.05, 3.63) is 95.5 Å². The van der Waals surface area contributed by atoms with Crippen LogP contribution < -0.4 is 10.1 Å². The number of nitrogens with one attached hydrogen (secondary N) is 1. The Morgan fingerprint density at radius 2 is 1.68 bits per heavy atom. The van der Waals surface area contributed by atoms with Crippen LogP contribution >= 0.6 is 11.6 Å². The number of hydrogen-bond donors (Lipinski definition) is 1. The fraction of sp³-hybridized carbons (Fsp3) is 0. The van der Waals surface area contributed by atoms with Crippen molar-refractivity contribution < 1.29 is 9.53 Å². The lowest BCUT2D eigenvalue weighted by Gasteiger charge is -2.11. The van der Waals surface area contributed by atoms with Crippen LogP contribution in [-0.2, 0) is 4.79 Å². The predicted molar refractivity (Wildman–Crippen MR) is 102 cm³/mol. The normalized spacial score (nSPS) is 10.6. The Morgan fingerprint density at radius 1 is 0.920 bits per heavy atom. The smallest absolute Gasteiger partial charge is 0.248 e. The molecule has 3 aromatic rings. The van der Waals surface area contributed by atoms with Crippen molar-refractivity contribution >= 4 is 29.3 Å². The standard InChI is InChI=1S/C21H16ClNO2/c22-17-8-6-7-16(15-17)13-14-21(24)23-19-11-4-5-12-20(19)25-18-9-2-1-3-10-18/h1-15H,(H,23,24)/b14-13+. The summed E-state index contributed by atoms with van der Waals surface area (Å²) in [6, 6.07) is 24.0. The molecule has 0 fully saturated rings. The van der Waals surface area contributed by atoms with E-state index in [9.17, 15) is 4.79 Å². The highest BCUT2D eigenvalue weighted by molar-refractivity contribution is 6.30. The van der Waals surface area contributed by atoms with E-state index in [1.165, 1.54) is 6.08 Å². The third-order valence-electron chi connectivity index (χ3n) is 3.39. The van der Waals surface area contributed by atoms with Gasteiger partial charge < -0.3 is 10.1 Å². The fourth-order valence-corrected chi connectivity index (χ4v) is 2.43. The average molecular weight is 350 g/mol. The summed E-state index contributed by atoms with van der Waals surface area (Å²) in [5, 5.41) is 3.46. The van der Waals surface area contributed by atoms with E-state index in [1.54, 1.807) is 24.3 Å². The lowest BCUT2D eigenvalue weighted by Crippen LogP contribution is -2.08. The van der Waals surface area contributed by atoms with Crippen LogP contribution in [0.5, 0.6) is 11.5 Å². The van der Waals surface area contributed by atoms with Crippen LogP contribution in [0.4, 0.5) is 5.69 Å². The second kappa shape index (κ2) is 8.18. The van der Waals surface area contributed by atoms with Crippen LogP contribution in [0.3, 0.4) is 0 Å². The maximum absolute atomic E-state index is 12.2. The zero-order valence-electron chi connectivity index (χ0n) is 13.4. The zero-order valence-corrected chi connectivity index (χ0v) is 14.1. The van der Waals surface area contributed by atoms with Gasteiger partial charge in [-0.2, -0.15) is 0 Å². The maximum atomic E-state index is 12.2. The molecule has 3 nitrogen and oxygen atoms in total. The summed E-state index contributed by atoms with van der Waals surface area (Å²) < 4.78 is 5.83. The van der Waals surface area contributed by atoms with Gasteiger partial charge in [0.25, 0.3) is 0 Å². The Bertz CT molecular complexity index is 891. The number of para-hydroxylation sites is 3. The second-order valence-electron chi connectivity index (χ2n) is 5.29. The Balaban J connectivity index is 1.71. The van der Waals surface area contributed by atoms with Gasteiger partial charge in [0, 0.05) is 11.1 Å². The van der Waals surface area contributed by atoms with Gasteiger partial charge in [0.05, 0.1) is 5.69 Å². The van der Waals surface area contributed by atoms with Gasteiger partial charge in [0.2, 0.25) is 5.91 Å². The van der Waals surface area contributed by atoms with Gasteiger partial charge in [0.1, 0.15) is 5.75 Å².